The van der Waals surface area contributed by atoms with Gasteiger partial charge >= 0.3 is 0 Å². The smallest absolute Gasteiger partial charge is 0.219 e. The third-order valence-electron chi connectivity index (χ3n) is 5.29. The van der Waals surface area contributed by atoms with Crippen molar-refractivity contribution in [1.82, 2.24) is 9.80 Å². The molecule has 4 nitrogen and oxygen atoms in total. The molecule has 3 rings (SSSR count). The molecule has 0 aliphatic carbocycles. The van der Waals surface area contributed by atoms with Crippen molar-refractivity contribution in [1.29, 1.82) is 0 Å². The Morgan fingerprint density at radius 1 is 1.17 bits per heavy atom. The van der Waals surface area contributed by atoms with Crippen LogP contribution < -0.4 is 4.90 Å². The predicted octanol–water partition coefficient (Wildman–Crippen LogP) is 2.68. The summed E-state index contributed by atoms with van der Waals surface area (Å²) in [5.74, 6) is 1.43. The van der Waals surface area contributed by atoms with Crippen molar-refractivity contribution in [3.05, 3.63) is 29.8 Å². The number of thioether (sulfide) groups is 1. The van der Waals surface area contributed by atoms with E-state index in [9.17, 15) is 4.79 Å². The van der Waals surface area contributed by atoms with Crippen molar-refractivity contribution in [3.8, 4) is 0 Å². The van der Waals surface area contributed by atoms with Crippen LogP contribution in [0, 0.1) is 0 Å². The summed E-state index contributed by atoms with van der Waals surface area (Å²) in [5.41, 5.74) is 2.79. The number of piperazine rings is 1. The lowest BCUT2D eigenvalue weighted by Crippen LogP contribution is -2.48. The zero-order chi connectivity index (χ0) is 16.9. The first-order chi connectivity index (χ1) is 11.7. The molecule has 1 atom stereocenters. The lowest BCUT2D eigenvalue weighted by Gasteiger charge is -2.37. The number of hydrogen-bond acceptors (Lipinski definition) is 4. The van der Waals surface area contributed by atoms with Gasteiger partial charge in [-0.2, -0.15) is 11.8 Å². The molecule has 2 heterocycles. The minimum absolute atomic E-state index is 0.194. The number of rotatable bonds is 5. The summed E-state index contributed by atoms with van der Waals surface area (Å²) in [4.78, 5) is 18.6. The Kier molecular flexibility index (Phi) is 6.06. The van der Waals surface area contributed by atoms with Gasteiger partial charge in [0.15, 0.2) is 0 Å². The number of benzene rings is 1. The second-order valence-corrected chi connectivity index (χ2v) is 7.75. The van der Waals surface area contributed by atoms with Crippen LogP contribution in [-0.4, -0.2) is 66.5 Å². The molecule has 2 saturated heterocycles. The van der Waals surface area contributed by atoms with Gasteiger partial charge in [-0.15, -0.1) is 0 Å². The molecule has 2 fully saturated rings. The molecular formula is C19H29N3OS. The van der Waals surface area contributed by atoms with Crippen molar-refractivity contribution >= 4 is 23.4 Å². The summed E-state index contributed by atoms with van der Waals surface area (Å²) < 4.78 is 0. The summed E-state index contributed by atoms with van der Waals surface area (Å²) in [6, 6.07) is 9.55. The van der Waals surface area contributed by atoms with E-state index in [0.717, 1.165) is 38.8 Å². The van der Waals surface area contributed by atoms with Gasteiger partial charge in [-0.25, -0.2) is 0 Å². The molecule has 0 spiro atoms. The molecule has 2 aliphatic heterocycles. The average molecular weight is 348 g/mol. The normalized spacial score (nSPS) is 22.2. The predicted molar refractivity (Wildman–Crippen MR) is 103 cm³/mol. The number of carbonyl (C=O) groups excluding carboxylic acids is 1. The van der Waals surface area contributed by atoms with Crippen molar-refractivity contribution < 1.29 is 4.79 Å². The fourth-order valence-corrected chi connectivity index (χ4v) is 4.68. The van der Waals surface area contributed by atoms with Crippen LogP contribution >= 0.6 is 11.8 Å². The average Bonchev–Trinajstić information content (AvgIpc) is 3.03. The van der Waals surface area contributed by atoms with E-state index < -0.39 is 0 Å². The number of anilines is 1. The van der Waals surface area contributed by atoms with Gasteiger partial charge in [-0.1, -0.05) is 18.2 Å². The van der Waals surface area contributed by atoms with E-state index in [0.29, 0.717) is 0 Å². The minimum atomic E-state index is 0.194. The maximum atomic E-state index is 11.5. The Balaban J connectivity index is 1.68. The maximum absolute atomic E-state index is 11.5. The van der Waals surface area contributed by atoms with Gasteiger partial charge in [0.05, 0.1) is 0 Å². The van der Waals surface area contributed by atoms with Crippen molar-refractivity contribution in [2.45, 2.75) is 32.4 Å². The molecule has 1 unspecified atom stereocenters. The van der Waals surface area contributed by atoms with Crippen molar-refractivity contribution in [2.75, 3.05) is 49.6 Å². The maximum Gasteiger partial charge on any atom is 0.219 e. The summed E-state index contributed by atoms with van der Waals surface area (Å²) in [6.07, 6.45) is 4.87. The molecule has 0 radical (unpaired) electrons. The van der Waals surface area contributed by atoms with Crippen LogP contribution in [0.25, 0.3) is 0 Å². The van der Waals surface area contributed by atoms with Gasteiger partial charge in [0.2, 0.25) is 5.91 Å². The van der Waals surface area contributed by atoms with E-state index in [1.54, 1.807) is 6.92 Å². The van der Waals surface area contributed by atoms with E-state index in [-0.39, 0.29) is 5.91 Å². The van der Waals surface area contributed by atoms with Gasteiger partial charge in [-0.3, -0.25) is 9.69 Å². The summed E-state index contributed by atoms with van der Waals surface area (Å²) in [6.45, 7) is 7.48. The first-order valence-corrected chi connectivity index (χ1v) is 10.4. The Bertz CT molecular complexity index is 557. The number of carbonyl (C=O) groups is 1. The Hall–Kier alpha value is -1.20. The van der Waals surface area contributed by atoms with E-state index >= 15 is 0 Å². The number of likely N-dealkylation sites (tertiary alicyclic amines) is 1. The van der Waals surface area contributed by atoms with Crippen LogP contribution in [0.4, 0.5) is 5.69 Å². The van der Waals surface area contributed by atoms with E-state index in [2.05, 4.69) is 40.3 Å². The van der Waals surface area contributed by atoms with Crippen LogP contribution in [0.2, 0.25) is 0 Å². The topological polar surface area (TPSA) is 26.8 Å². The van der Waals surface area contributed by atoms with Gasteiger partial charge in [0.1, 0.15) is 0 Å². The van der Waals surface area contributed by atoms with Crippen LogP contribution in [0.15, 0.2) is 24.3 Å². The van der Waals surface area contributed by atoms with E-state index in [4.69, 9.17) is 0 Å². The molecule has 2 aliphatic rings. The molecular weight excluding hydrogens is 318 g/mol. The second-order valence-electron chi connectivity index (χ2n) is 6.84. The highest BCUT2D eigenvalue weighted by Gasteiger charge is 2.26. The molecule has 1 aromatic carbocycles. The summed E-state index contributed by atoms with van der Waals surface area (Å²) >= 11 is 1.96. The zero-order valence-electron chi connectivity index (χ0n) is 14.9. The highest BCUT2D eigenvalue weighted by Crippen LogP contribution is 2.27. The number of nitrogens with zero attached hydrogens (tertiary/aromatic N) is 3. The fraction of sp³-hybridized carbons (Fsp3) is 0.632. The Labute approximate surface area is 150 Å². The fourth-order valence-electron chi connectivity index (χ4n) is 3.92. The van der Waals surface area contributed by atoms with Gasteiger partial charge in [-0.05, 0) is 37.3 Å². The number of hydrogen-bond donors (Lipinski definition) is 0. The second kappa shape index (κ2) is 8.26. The van der Waals surface area contributed by atoms with E-state index in [1.165, 1.54) is 36.4 Å². The first kappa shape index (κ1) is 17.6. The van der Waals surface area contributed by atoms with E-state index in [1.807, 2.05) is 16.7 Å². The zero-order valence-corrected chi connectivity index (χ0v) is 15.7. The number of para-hydroxylation sites is 1. The standard InChI is InChI=1S/C19H29N3OS/c1-16(23)20-10-12-21(13-11-20)19-8-4-3-6-17(19)14-22-9-5-7-18(22)15-24-2/h3-4,6,8,18H,5,7,9-15H2,1-2H3. The molecule has 0 bridgehead atoms. The van der Waals surface area contributed by atoms with Gasteiger partial charge in [0.25, 0.3) is 0 Å². The van der Waals surface area contributed by atoms with Crippen LogP contribution in [-0.2, 0) is 11.3 Å². The van der Waals surface area contributed by atoms with Gasteiger partial charge < -0.3 is 9.80 Å². The van der Waals surface area contributed by atoms with Crippen LogP contribution in [0.1, 0.15) is 25.3 Å². The molecule has 24 heavy (non-hydrogen) atoms. The molecule has 0 N–H and O–H groups in total. The quantitative estimate of drug-likeness (QED) is 0.818. The van der Waals surface area contributed by atoms with Crippen LogP contribution in [0.5, 0.6) is 0 Å². The lowest BCUT2D eigenvalue weighted by atomic mass is 10.1. The highest BCUT2D eigenvalue weighted by atomic mass is 32.2. The number of amides is 1. The largest absolute Gasteiger partial charge is 0.368 e. The third kappa shape index (κ3) is 4.06. The highest BCUT2D eigenvalue weighted by molar-refractivity contribution is 7.98. The van der Waals surface area contributed by atoms with Crippen molar-refractivity contribution in [3.63, 3.8) is 0 Å². The monoisotopic (exact) mass is 347 g/mol. The molecule has 1 aromatic rings. The van der Waals surface area contributed by atoms with Crippen LogP contribution in [0.3, 0.4) is 0 Å². The molecule has 1 amide bonds. The summed E-state index contributed by atoms with van der Waals surface area (Å²) in [7, 11) is 0. The van der Waals surface area contributed by atoms with Gasteiger partial charge in [0, 0.05) is 57.1 Å². The third-order valence-corrected chi connectivity index (χ3v) is 6.01. The molecule has 5 heteroatoms. The first-order valence-electron chi connectivity index (χ1n) is 9.00. The Morgan fingerprint density at radius 3 is 2.62 bits per heavy atom. The molecule has 132 valence electrons. The summed E-state index contributed by atoms with van der Waals surface area (Å²) in [5, 5.41) is 0. The lowest BCUT2D eigenvalue weighted by molar-refractivity contribution is -0.129. The Morgan fingerprint density at radius 2 is 1.92 bits per heavy atom. The molecule has 0 saturated carbocycles. The van der Waals surface area contributed by atoms with Crippen molar-refractivity contribution in [2.24, 2.45) is 0 Å². The minimum Gasteiger partial charge on any atom is -0.368 e. The SMILES string of the molecule is CSCC1CCCN1Cc1ccccc1N1CCN(C(C)=O)CC1. The molecule has 0 aromatic heterocycles.